The van der Waals surface area contributed by atoms with Gasteiger partial charge in [-0.1, -0.05) is 5.21 Å². The van der Waals surface area contributed by atoms with E-state index >= 15 is 0 Å². The number of amides is 1. The third-order valence-corrected chi connectivity index (χ3v) is 2.63. The second kappa shape index (κ2) is 6.31. The highest BCUT2D eigenvalue weighted by Gasteiger charge is 2.15. The number of ether oxygens (including phenoxy) is 1. The Labute approximate surface area is 99.7 Å². The van der Waals surface area contributed by atoms with Gasteiger partial charge in [-0.25, -0.2) is 0 Å². The number of hydrogen-bond donors (Lipinski definition) is 1. The summed E-state index contributed by atoms with van der Waals surface area (Å²) in [6, 6.07) is 0. The van der Waals surface area contributed by atoms with E-state index in [1.165, 1.54) is 0 Å². The Balaban J connectivity index is 1.59. The Bertz CT molecular complexity index is 334. The highest BCUT2D eigenvalue weighted by atomic mass is 16.5. The molecule has 0 aliphatic carbocycles. The molecule has 2 rings (SSSR count). The minimum atomic E-state index is 0.131. The number of aromatic nitrogens is 3. The fourth-order valence-electron chi connectivity index (χ4n) is 1.67. The van der Waals surface area contributed by atoms with Crippen LogP contribution in [0.4, 0.5) is 0 Å². The third kappa shape index (κ3) is 3.79. The summed E-state index contributed by atoms with van der Waals surface area (Å²) in [7, 11) is 0. The first-order valence-corrected chi connectivity index (χ1v) is 5.76. The van der Waals surface area contributed by atoms with Crippen LogP contribution in [0.2, 0.25) is 0 Å². The number of morpholine rings is 1. The average Bonchev–Trinajstić information content (AvgIpc) is 2.88. The molecule has 1 fully saturated rings. The molecule has 0 radical (unpaired) electrons. The van der Waals surface area contributed by atoms with Crippen LogP contribution in [0.1, 0.15) is 0 Å². The van der Waals surface area contributed by atoms with Crippen molar-refractivity contribution in [2.75, 3.05) is 39.4 Å². The number of rotatable bonds is 5. The molecule has 0 unspecified atom stereocenters. The van der Waals surface area contributed by atoms with Crippen LogP contribution in [-0.2, 0) is 16.1 Å². The van der Waals surface area contributed by atoms with Crippen molar-refractivity contribution in [1.82, 2.24) is 25.2 Å². The molecule has 0 bridgehead atoms. The van der Waals surface area contributed by atoms with Crippen molar-refractivity contribution in [2.24, 2.45) is 0 Å². The summed E-state index contributed by atoms with van der Waals surface area (Å²) in [5.41, 5.74) is 0. The molecule has 0 spiro atoms. The van der Waals surface area contributed by atoms with Crippen molar-refractivity contribution in [3.8, 4) is 0 Å². The third-order valence-electron chi connectivity index (χ3n) is 2.63. The number of carbonyl (C=O) groups is 1. The van der Waals surface area contributed by atoms with Crippen LogP contribution in [0.25, 0.3) is 0 Å². The lowest BCUT2D eigenvalue weighted by Gasteiger charge is -2.26. The zero-order valence-electron chi connectivity index (χ0n) is 9.71. The molecule has 1 N–H and O–H groups in total. The van der Waals surface area contributed by atoms with Crippen LogP contribution < -0.4 is 5.32 Å². The standard InChI is InChI=1S/C10H17N5O2/c16-10(14-5-7-17-8-6-14)9-11-1-3-15-4-2-12-13-15/h2,4,11H,1,3,5-9H2. The summed E-state index contributed by atoms with van der Waals surface area (Å²) in [4.78, 5) is 13.6. The zero-order valence-corrected chi connectivity index (χ0v) is 9.71. The van der Waals surface area contributed by atoms with E-state index in [0.717, 1.165) is 6.54 Å². The molecule has 17 heavy (non-hydrogen) atoms. The summed E-state index contributed by atoms with van der Waals surface area (Å²) in [6.45, 7) is 4.48. The molecular formula is C10H17N5O2. The number of hydrogen-bond acceptors (Lipinski definition) is 5. The smallest absolute Gasteiger partial charge is 0.236 e. The van der Waals surface area contributed by atoms with Crippen LogP contribution in [-0.4, -0.2) is 65.2 Å². The number of nitrogens with zero attached hydrogens (tertiary/aromatic N) is 4. The average molecular weight is 239 g/mol. The maximum atomic E-state index is 11.7. The van der Waals surface area contributed by atoms with Crippen molar-refractivity contribution in [1.29, 1.82) is 0 Å². The largest absolute Gasteiger partial charge is 0.378 e. The van der Waals surface area contributed by atoms with Gasteiger partial charge in [0.2, 0.25) is 5.91 Å². The summed E-state index contributed by atoms with van der Waals surface area (Å²) in [5, 5.41) is 10.6. The molecule has 1 aliphatic heterocycles. The Morgan fingerprint density at radius 2 is 2.24 bits per heavy atom. The van der Waals surface area contributed by atoms with Crippen molar-refractivity contribution >= 4 is 5.91 Å². The van der Waals surface area contributed by atoms with E-state index in [9.17, 15) is 4.79 Å². The van der Waals surface area contributed by atoms with Gasteiger partial charge in [0.15, 0.2) is 0 Å². The van der Waals surface area contributed by atoms with Crippen molar-refractivity contribution < 1.29 is 9.53 Å². The van der Waals surface area contributed by atoms with Gasteiger partial charge in [0.1, 0.15) is 0 Å². The molecule has 1 amide bonds. The van der Waals surface area contributed by atoms with E-state index in [1.807, 2.05) is 4.90 Å². The Morgan fingerprint density at radius 1 is 1.41 bits per heavy atom. The van der Waals surface area contributed by atoms with Gasteiger partial charge in [-0.15, -0.1) is 5.10 Å². The summed E-state index contributed by atoms with van der Waals surface area (Å²) < 4.78 is 6.92. The van der Waals surface area contributed by atoms with Crippen molar-refractivity contribution in [3.63, 3.8) is 0 Å². The van der Waals surface area contributed by atoms with Crippen LogP contribution >= 0.6 is 0 Å². The summed E-state index contributed by atoms with van der Waals surface area (Å²) >= 11 is 0. The second-order valence-corrected chi connectivity index (χ2v) is 3.84. The molecule has 0 atom stereocenters. The maximum Gasteiger partial charge on any atom is 0.236 e. The molecule has 1 aromatic heterocycles. The summed E-state index contributed by atoms with van der Waals surface area (Å²) in [6.07, 6.45) is 3.43. The molecule has 1 aliphatic rings. The molecular weight excluding hydrogens is 222 g/mol. The summed E-state index contributed by atoms with van der Waals surface area (Å²) in [5.74, 6) is 0.131. The van der Waals surface area contributed by atoms with Crippen LogP contribution in [0.15, 0.2) is 12.4 Å². The Kier molecular flexibility index (Phi) is 4.45. The van der Waals surface area contributed by atoms with Gasteiger partial charge in [0.25, 0.3) is 0 Å². The van der Waals surface area contributed by atoms with Gasteiger partial charge in [0.05, 0.1) is 32.5 Å². The Hall–Kier alpha value is -1.47. The van der Waals surface area contributed by atoms with E-state index in [4.69, 9.17) is 4.74 Å². The number of carbonyl (C=O) groups excluding carboxylic acids is 1. The molecule has 94 valence electrons. The minimum Gasteiger partial charge on any atom is -0.378 e. The molecule has 2 heterocycles. The fraction of sp³-hybridized carbons (Fsp3) is 0.700. The van der Waals surface area contributed by atoms with Gasteiger partial charge in [-0.2, -0.15) is 0 Å². The molecule has 7 heteroatoms. The lowest BCUT2D eigenvalue weighted by molar-refractivity contribution is -0.134. The lowest BCUT2D eigenvalue weighted by Crippen LogP contribution is -2.45. The van der Waals surface area contributed by atoms with Crippen LogP contribution in [0.5, 0.6) is 0 Å². The molecule has 1 aromatic rings. The van der Waals surface area contributed by atoms with E-state index in [1.54, 1.807) is 17.1 Å². The predicted molar refractivity (Wildman–Crippen MR) is 60.3 cm³/mol. The van der Waals surface area contributed by atoms with Gasteiger partial charge < -0.3 is 15.0 Å². The van der Waals surface area contributed by atoms with Crippen LogP contribution in [0.3, 0.4) is 0 Å². The van der Waals surface area contributed by atoms with E-state index in [-0.39, 0.29) is 5.91 Å². The van der Waals surface area contributed by atoms with Gasteiger partial charge in [0, 0.05) is 25.8 Å². The number of nitrogens with one attached hydrogen (secondary N) is 1. The fourth-order valence-corrected chi connectivity index (χ4v) is 1.67. The lowest BCUT2D eigenvalue weighted by atomic mass is 10.4. The minimum absolute atomic E-state index is 0.131. The van der Waals surface area contributed by atoms with E-state index in [0.29, 0.717) is 39.4 Å². The monoisotopic (exact) mass is 239 g/mol. The zero-order chi connectivity index (χ0) is 11.9. The quantitative estimate of drug-likeness (QED) is 0.648. The molecule has 0 aromatic carbocycles. The Morgan fingerprint density at radius 3 is 2.94 bits per heavy atom. The maximum absolute atomic E-state index is 11.7. The first-order valence-electron chi connectivity index (χ1n) is 5.76. The first kappa shape index (κ1) is 12.0. The topological polar surface area (TPSA) is 72.3 Å². The van der Waals surface area contributed by atoms with E-state index in [2.05, 4.69) is 15.6 Å². The molecule has 1 saturated heterocycles. The normalized spacial score (nSPS) is 16.1. The molecule has 7 nitrogen and oxygen atoms in total. The van der Waals surface area contributed by atoms with Gasteiger partial charge in [-0.05, 0) is 0 Å². The second-order valence-electron chi connectivity index (χ2n) is 3.84. The highest BCUT2D eigenvalue weighted by Crippen LogP contribution is 1.96. The molecule has 0 saturated carbocycles. The first-order chi connectivity index (χ1) is 8.36. The van der Waals surface area contributed by atoms with Gasteiger partial charge >= 0.3 is 0 Å². The van der Waals surface area contributed by atoms with Crippen molar-refractivity contribution in [3.05, 3.63) is 12.4 Å². The van der Waals surface area contributed by atoms with Crippen LogP contribution in [0, 0.1) is 0 Å². The predicted octanol–water partition coefficient (Wildman–Crippen LogP) is -1.27. The van der Waals surface area contributed by atoms with Gasteiger partial charge in [-0.3, -0.25) is 9.48 Å². The highest BCUT2D eigenvalue weighted by molar-refractivity contribution is 5.78. The van der Waals surface area contributed by atoms with Crippen molar-refractivity contribution in [2.45, 2.75) is 6.54 Å². The van der Waals surface area contributed by atoms with E-state index < -0.39 is 0 Å². The SMILES string of the molecule is O=C(CNCCn1ccnn1)N1CCOCC1.